The van der Waals surface area contributed by atoms with Gasteiger partial charge in [-0.05, 0) is 38.1 Å². The van der Waals surface area contributed by atoms with E-state index in [2.05, 4.69) is 9.64 Å². The number of carbonyl (C=O) groups excluding carboxylic acids is 4. The molecule has 1 aromatic rings. The largest absolute Gasteiger partial charge is 0.488 e. The van der Waals surface area contributed by atoms with Crippen LogP contribution in [0.2, 0.25) is 0 Å². The van der Waals surface area contributed by atoms with Crippen LogP contribution in [-0.2, 0) is 19.1 Å². The SMILES string of the molecule is O=C1CC2(O)CC(=O)Oc3c(OCCN4CCCCC4)ccc(c3OC2=O)C(=O)O1. The van der Waals surface area contributed by atoms with Gasteiger partial charge in [0.1, 0.15) is 12.2 Å². The van der Waals surface area contributed by atoms with E-state index in [1.165, 1.54) is 18.6 Å². The van der Waals surface area contributed by atoms with Crippen LogP contribution in [0.4, 0.5) is 0 Å². The molecule has 30 heavy (non-hydrogen) atoms. The number of esters is 4. The zero-order chi connectivity index (χ0) is 21.3. The highest BCUT2D eigenvalue weighted by atomic mass is 16.6. The number of ether oxygens (including phenoxy) is 4. The molecule has 0 spiro atoms. The Kier molecular flexibility index (Phi) is 5.44. The Morgan fingerprint density at radius 3 is 2.37 bits per heavy atom. The first-order chi connectivity index (χ1) is 14.4. The van der Waals surface area contributed by atoms with Crippen molar-refractivity contribution in [1.29, 1.82) is 0 Å². The standard InChI is InChI=1S/C20H21NO9/c22-14-10-20(26)11-15(23)29-18(24)12-4-5-13(17(28-14)16(12)30-19(20)25)27-9-8-21-6-2-1-3-7-21/h4-5,26H,1-3,6-11H2. The molecule has 0 saturated carbocycles. The van der Waals surface area contributed by atoms with Gasteiger partial charge in [-0.25, -0.2) is 9.59 Å². The molecule has 1 fully saturated rings. The van der Waals surface area contributed by atoms with Crippen LogP contribution >= 0.6 is 0 Å². The summed E-state index contributed by atoms with van der Waals surface area (Å²) in [6, 6.07) is 2.63. The molecule has 4 rings (SSSR count). The molecule has 1 saturated heterocycles. The summed E-state index contributed by atoms with van der Waals surface area (Å²) in [5.74, 6) is -5.08. The molecule has 10 heteroatoms. The fourth-order valence-corrected chi connectivity index (χ4v) is 3.70. The van der Waals surface area contributed by atoms with Crippen LogP contribution in [0.15, 0.2) is 12.1 Å². The van der Waals surface area contributed by atoms with Crippen molar-refractivity contribution >= 4 is 23.9 Å². The molecule has 1 N–H and O–H groups in total. The van der Waals surface area contributed by atoms with Crippen molar-refractivity contribution in [2.75, 3.05) is 26.2 Å². The first kappa shape index (κ1) is 20.3. The van der Waals surface area contributed by atoms with Crippen LogP contribution in [0.1, 0.15) is 42.5 Å². The highest BCUT2D eigenvalue weighted by molar-refractivity contribution is 6.04. The van der Waals surface area contributed by atoms with Crippen LogP contribution in [0, 0.1) is 0 Å². The molecule has 1 atom stereocenters. The van der Waals surface area contributed by atoms with Gasteiger partial charge in [-0.1, -0.05) is 6.42 Å². The van der Waals surface area contributed by atoms with E-state index in [-0.39, 0.29) is 23.7 Å². The van der Waals surface area contributed by atoms with Gasteiger partial charge in [-0.2, -0.15) is 0 Å². The Labute approximate surface area is 171 Å². The second-order valence-corrected chi connectivity index (χ2v) is 7.53. The summed E-state index contributed by atoms with van der Waals surface area (Å²) in [4.78, 5) is 51.4. The summed E-state index contributed by atoms with van der Waals surface area (Å²) in [6.45, 7) is 2.89. The molecule has 2 bridgehead atoms. The molecule has 0 radical (unpaired) electrons. The summed E-state index contributed by atoms with van der Waals surface area (Å²) in [5, 5.41) is 10.5. The van der Waals surface area contributed by atoms with E-state index in [1.54, 1.807) is 0 Å². The topological polar surface area (TPSA) is 129 Å². The average molecular weight is 419 g/mol. The smallest absolute Gasteiger partial charge is 0.349 e. The van der Waals surface area contributed by atoms with Gasteiger partial charge >= 0.3 is 23.9 Å². The normalized spacial score (nSPS) is 24.6. The fourth-order valence-electron chi connectivity index (χ4n) is 3.70. The lowest BCUT2D eigenvalue weighted by atomic mass is 9.95. The molecule has 0 aromatic heterocycles. The maximum absolute atomic E-state index is 12.5. The molecule has 160 valence electrons. The Hall–Kier alpha value is -2.98. The number of carbonyl (C=O) groups is 4. The predicted molar refractivity (Wildman–Crippen MR) is 98.1 cm³/mol. The number of nitrogens with zero attached hydrogens (tertiary/aromatic N) is 1. The molecule has 0 aliphatic carbocycles. The number of hydrogen-bond donors (Lipinski definition) is 1. The number of cyclic esters (lactones) is 2. The number of hydrogen-bond acceptors (Lipinski definition) is 10. The first-order valence-electron chi connectivity index (χ1n) is 9.78. The second-order valence-electron chi connectivity index (χ2n) is 7.53. The second kappa shape index (κ2) is 8.04. The van der Waals surface area contributed by atoms with Crippen molar-refractivity contribution in [3.05, 3.63) is 17.7 Å². The zero-order valence-corrected chi connectivity index (χ0v) is 16.2. The molecule has 3 aliphatic heterocycles. The van der Waals surface area contributed by atoms with Crippen LogP contribution in [-0.4, -0.2) is 65.7 Å². The number of aliphatic hydroxyl groups is 1. The molecule has 1 aromatic carbocycles. The van der Waals surface area contributed by atoms with E-state index >= 15 is 0 Å². The van der Waals surface area contributed by atoms with Crippen molar-refractivity contribution in [3.63, 3.8) is 0 Å². The number of likely N-dealkylation sites (tertiary alicyclic amines) is 1. The Morgan fingerprint density at radius 1 is 0.933 bits per heavy atom. The zero-order valence-electron chi connectivity index (χ0n) is 16.2. The van der Waals surface area contributed by atoms with Crippen LogP contribution in [0.25, 0.3) is 0 Å². The van der Waals surface area contributed by atoms with Crippen molar-refractivity contribution in [2.45, 2.75) is 37.7 Å². The summed E-state index contributed by atoms with van der Waals surface area (Å²) in [5.41, 5.74) is -2.80. The van der Waals surface area contributed by atoms with Crippen molar-refractivity contribution < 1.29 is 43.2 Å². The molecular formula is C20H21NO9. The number of benzene rings is 1. The van der Waals surface area contributed by atoms with E-state index in [0.717, 1.165) is 25.9 Å². The van der Waals surface area contributed by atoms with E-state index in [9.17, 15) is 24.3 Å². The third-order valence-electron chi connectivity index (χ3n) is 5.28. The quantitative estimate of drug-likeness (QED) is 0.420. The van der Waals surface area contributed by atoms with Gasteiger partial charge in [0.15, 0.2) is 17.1 Å². The van der Waals surface area contributed by atoms with Gasteiger partial charge < -0.3 is 24.1 Å². The maximum atomic E-state index is 12.5. The van der Waals surface area contributed by atoms with E-state index in [4.69, 9.17) is 14.2 Å². The molecular weight excluding hydrogens is 398 g/mol. The molecule has 1 unspecified atom stereocenters. The third-order valence-corrected chi connectivity index (χ3v) is 5.28. The number of fused-ring (bicyclic) bond motifs is 2. The van der Waals surface area contributed by atoms with Gasteiger partial charge in [-0.15, -0.1) is 0 Å². The van der Waals surface area contributed by atoms with Gasteiger partial charge in [0.05, 0.1) is 12.8 Å². The van der Waals surface area contributed by atoms with Crippen LogP contribution < -0.4 is 14.2 Å². The summed E-state index contributed by atoms with van der Waals surface area (Å²) < 4.78 is 20.9. The number of rotatable bonds is 4. The van der Waals surface area contributed by atoms with Crippen LogP contribution in [0.3, 0.4) is 0 Å². The van der Waals surface area contributed by atoms with Crippen LogP contribution in [0.5, 0.6) is 17.2 Å². The van der Waals surface area contributed by atoms with Gasteiger partial charge in [0.25, 0.3) is 0 Å². The molecule has 0 amide bonds. The van der Waals surface area contributed by atoms with Crippen molar-refractivity contribution in [2.24, 2.45) is 0 Å². The van der Waals surface area contributed by atoms with E-state index < -0.39 is 48.1 Å². The Balaban J connectivity index is 1.66. The monoisotopic (exact) mass is 419 g/mol. The lowest BCUT2D eigenvalue weighted by Gasteiger charge is -2.27. The lowest BCUT2D eigenvalue weighted by Crippen LogP contribution is -2.47. The minimum Gasteiger partial charge on any atom is -0.488 e. The van der Waals surface area contributed by atoms with Gasteiger partial charge in [-0.3, -0.25) is 14.5 Å². The minimum absolute atomic E-state index is 0.0933. The maximum Gasteiger partial charge on any atom is 0.349 e. The highest BCUT2D eigenvalue weighted by Gasteiger charge is 2.48. The molecule has 3 heterocycles. The Bertz CT molecular complexity index is 906. The molecule has 10 nitrogen and oxygen atoms in total. The van der Waals surface area contributed by atoms with E-state index in [1.807, 2.05) is 0 Å². The highest BCUT2D eigenvalue weighted by Crippen LogP contribution is 2.44. The fraction of sp³-hybridized carbons (Fsp3) is 0.500. The average Bonchev–Trinajstić information content (AvgIpc) is 2.71. The molecule has 3 aliphatic rings. The van der Waals surface area contributed by atoms with Crippen molar-refractivity contribution in [3.8, 4) is 17.2 Å². The predicted octanol–water partition coefficient (Wildman–Crippen LogP) is 0.584. The van der Waals surface area contributed by atoms with Gasteiger partial charge in [0.2, 0.25) is 5.75 Å². The van der Waals surface area contributed by atoms with Crippen molar-refractivity contribution in [1.82, 2.24) is 4.90 Å². The first-order valence-corrected chi connectivity index (χ1v) is 9.78. The number of piperidine rings is 1. The minimum atomic E-state index is -2.50. The third kappa shape index (κ3) is 4.01. The Morgan fingerprint density at radius 2 is 1.63 bits per heavy atom. The summed E-state index contributed by atoms with van der Waals surface area (Å²) >= 11 is 0. The van der Waals surface area contributed by atoms with E-state index in [0.29, 0.717) is 6.54 Å². The summed E-state index contributed by atoms with van der Waals surface area (Å²) in [6.07, 6.45) is 1.70. The lowest BCUT2D eigenvalue weighted by molar-refractivity contribution is -0.168. The summed E-state index contributed by atoms with van der Waals surface area (Å²) in [7, 11) is 0. The van der Waals surface area contributed by atoms with Gasteiger partial charge in [0, 0.05) is 6.54 Å².